The lowest BCUT2D eigenvalue weighted by atomic mass is 9.96. The molecule has 0 saturated carbocycles. The molecule has 1 atom stereocenters. The van der Waals surface area contributed by atoms with Gasteiger partial charge in [0.05, 0.1) is 5.69 Å². The summed E-state index contributed by atoms with van der Waals surface area (Å²) >= 11 is 0. The zero-order valence-electron chi connectivity index (χ0n) is 12.5. The molecule has 0 bridgehead atoms. The first-order valence-electron chi connectivity index (χ1n) is 7.16. The zero-order chi connectivity index (χ0) is 16.2. The Kier molecular flexibility index (Phi) is 4.13. The third-order valence-corrected chi connectivity index (χ3v) is 3.51. The predicted molar refractivity (Wildman–Crippen MR) is 80.8 cm³/mol. The van der Waals surface area contributed by atoms with Crippen LogP contribution in [0.2, 0.25) is 0 Å². The van der Waals surface area contributed by atoms with Crippen molar-refractivity contribution in [2.45, 2.75) is 26.2 Å². The highest BCUT2D eigenvalue weighted by Gasteiger charge is 2.22. The highest BCUT2D eigenvalue weighted by Crippen LogP contribution is 2.16. The summed E-state index contributed by atoms with van der Waals surface area (Å²) in [6.07, 6.45) is 8.99. The van der Waals surface area contributed by atoms with E-state index >= 15 is 0 Å². The number of nitrogen functional groups attached to an aromatic ring is 1. The van der Waals surface area contributed by atoms with Crippen LogP contribution in [-0.2, 0) is 0 Å². The van der Waals surface area contributed by atoms with E-state index in [1.807, 2.05) is 0 Å². The van der Waals surface area contributed by atoms with Gasteiger partial charge < -0.3 is 5.73 Å². The second-order valence-electron chi connectivity index (χ2n) is 5.17. The minimum atomic E-state index is -0.461. The lowest BCUT2D eigenvalue weighted by Crippen LogP contribution is -2.23. The minimum absolute atomic E-state index is 0.0152. The lowest BCUT2D eigenvalue weighted by Gasteiger charge is -2.11. The van der Waals surface area contributed by atoms with E-state index in [9.17, 15) is 4.79 Å². The van der Waals surface area contributed by atoms with Crippen LogP contribution in [0.4, 0.5) is 5.82 Å². The number of nitrogens with zero attached hydrogens (tertiary/aromatic N) is 6. The molecule has 0 spiro atoms. The number of anilines is 1. The van der Waals surface area contributed by atoms with Gasteiger partial charge in [-0.15, -0.1) is 5.10 Å². The van der Waals surface area contributed by atoms with Crippen LogP contribution in [0.5, 0.6) is 0 Å². The summed E-state index contributed by atoms with van der Waals surface area (Å²) in [7, 11) is 0. The molecule has 0 aromatic carbocycles. The van der Waals surface area contributed by atoms with Gasteiger partial charge in [0.15, 0.2) is 5.69 Å². The third-order valence-electron chi connectivity index (χ3n) is 3.51. The lowest BCUT2D eigenvalue weighted by molar-refractivity contribution is 0.0946. The van der Waals surface area contributed by atoms with E-state index < -0.39 is 5.91 Å². The number of amides is 1. The zero-order valence-corrected chi connectivity index (χ0v) is 12.5. The van der Waals surface area contributed by atoms with Crippen LogP contribution >= 0.6 is 0 Å². The van der Waals surface area contributed by atoms with E-state index in [1.165, 1.54) is 4.68 Å². The number of allylic oxidation sites excluding steroid dienone is 2. The van der Waals surface area contributed by atoms with Gasteiger partial charge in [-0.2, -0.15) is 9.78 Å². The predicted octanol–water partition coefficient (Wildman–Crippen LogP) is 0.613. The number of rotatable bonds is 4. The van der Waals surface area contributed by atoms with Gasteiger partial charge in [-0.1, -0.05) is 17.4 Å². The molecule has 2 heterocycles. The number of hydrogen-bond donors (Lipinski definition) is 2. The first-order chi connectivity index (χ1) is 11.2. The molecule has 1 aliphatic carbocycles. The van der Waals surface area contributed by atoms with Crippen LogP contribution in [0.3, 0.4) is 0 Å². The van der Waals surface area contributed by atoms with E-state index in [0.717, 1.165) is 19.3 Å². The van der Waals surface area contributed by atoms with Crippen molar-refractivity contribution in [3.05, 3.63) is 23.5 Å². The molecule has 0 radical (unpaired) electrons. The topological polar surface area (TPSA) is 137 Å². The van der Waals surface area contributed by atoms with Gasteiger partial charge in [-0.05, 0) is 42.4 Å². The van der Waals surface area contributed by atoms with E-state index in [4.69, 9.17) is 5.73 Å². The van der Waals surface area contributed by atoms with Crippen LogP contribution in [-0.4, -0.2) is 37.4 Å². The van der Waals surface area contributed by atoms with Crippen molar-refractivity contribution in [3.8, 4) is 5.82 Å². The van der Waals surface area contributed by atoms with Crippen LogP contribution in [0.25, 0.3) is 5.82 Å². The van der Waals surface area contributed by atoms with Crippen molar-refractivity contribution in [1.29, 1.82) is 0 Å². The molecule has 1 aliphatic rings. The maximum Gasteiger partial charge on any atom is 0.292 e. The minimum Gasteiger partial charge on any atom is -0.378 e. The molecule has 2 aromatic rings. The van der Waals surface area contributed by atoms with E-state index in [0.29, 0.717) is 11.6 Å². The first kappa shape index (κ1) is 14.9. The average molecular weight is 316 g/mol. The first-order valence-corrected chi connectivity index (χ1v) is 7.16. The Labute approximate surface area is 131 Å². The molecule has 0 aliphatic heterocycles. The summed E-state index contributed by atoms with van der Waals surface area (Å²) in [5, 5.41) is 18.8. The highest BCUT2D eigenvalue weighted by molar-refractivity contribution is 5.94. The van der Waals surface area contributed by atoms with Crippen molar-refractivity contribution in [2.24, 2.45) is 11.0 Å². The third kappa shape index (κ3) is 3.10. The Morgan fingerprint density at radius 3 is 3.09 bits per heavy atom. The van der Waals surface area contributed by atoms with Gasteiger partial charge in [0.25, 0.3) is 5.91 Å². The standard InChI is InChI=1S/C13H16N8O2/c1-8-10(21(20-16-8)12-11(14)18-23-19-12)13(22)17-15-7-9-5-3-2-4-6-9/h2-3,7,9H,4-6H2,1H3,(H2,14,18)(H,17,22). The van der Waals surface area contributed by atoms with Crippen LogP contribution in [0.1, 0.15) is 35.4 Å². The number of carbonyl (C=O) groups excluding carboxylic acids is 1. The Morgan fingerprint density at radius 2 is 2.39 bits per heavy atom. The molecule has 3 rings (SSSR count). The summed E-state index contributed by atoms with van der Waals surface area (Å²) in [6, 6.07) is 0. The second kappa shape index (κ2) is 6.38. The monoisotopic (exact) mass is 316 g/mol. The van der Waals surface area contributed by atoms with E-state index in [2.05, 4.69) is 47.9 Å². The summed E-state index contributed by atoms with van der Waals surface area (Å²) in [5.41, 5.74) is 8.70. The molecule has 1 amide bonds. The van der Waals surface area contributed by atoms with Gasteiger partial charge in [0, 0.05) is 6.21 Å². The summed E-state index contributed by atoms with van der Waals surface area (Å²) < 4.78 is 5.70. The SMILES string of the molecule is Cc1nnn(-c2nonc2N)c1C(=O)NN=CC1CC=CCC1. The van der Waals surface area contributed by atoms with Crippen molar-refractivity contribution in [1.82, 2.24) is 30.7 Å². The fourth-order valence-corrected chi connectivity index (χ4v) is 2.31. The van der Waals surface area contributed by atoms with Gasteiger partial charge in [0.1, 0.15) is 0 Å². The Morgan fingerprint density at radius 1 is 1.52 bits per heavy atom. The number of aromatic nitrogens is 5. The number of aryl methyl sites for hydroxylation is 1. The normalized spacial score (nSPS) is 17.7. The largest absolute Gasteiger partial charge is 0.378 e. The molecule has 1 unspecified atom stereocenters. The Balaban J connectivity index is 1.75. The number of nitrogens with two attached hydrogens (primary N) is 1. The molecular formula is C13H16N8O2. The van der Waals surface area contributed by atoms with Crippen molar-refractivity contribution in [3.63, 3.8) is 0 Å². The van der Waals surface area contributed by atoms with Gasteiger partial charge >= 0.3 is 0 Å². The summed E-state index contributed by atoms with van der Waals surface area (Å²) in [6.45, 7) is 1.65. The van der Waals surface area contributed by atoms with Crippen molar-refractivity contribution in [2.75, 3.05) is 5.73 Å². The highest BCUT2D eigenvalue weighted by atomic mass is 16.6. The van der Waals surface area contributed by atoms with Crippen LogP contribution in [0.15, 0.2) is 21.9 Å². The smallest absolute Gasteiger partial charge is 0.292 e. The Bertz CT molecular complexity index is 760. The maximum absolute atomic E-state index is 12.3. The van der Waals surface area contributed by atoms with Gasteiger partial charge in [-0.3, -0.25) is 4.79 Å². The number of hydrazone groups is 1. The molecule has 120 valence electrons. The average Bonchev–Trinajstić information content (AvgIpc) is 3.13. The van der Waals surface area contributed by atoms with Gasteiger partial charge in [0.2, 0.25) is 11.6 Å². The Hall–Kier alpha value is -3.04. The van der Waals surface area contributed by atoms with E-state index in [-0.39, 0.29) is 17.3 Å². The van der Waals surface area contributed by atoms with E-state index in [1.54, 1.807) is 13.1 Å². The summed E-state index contributed by atoms with van der Waals surface area (Å²) in [4.78, 5) is 12.3. The van der Waals surface area contributed by atoms with Crippen molar-refractivity contribution >= 4 is 17.9 Å². The molecule has 0 fully saturated rings. The fourth-order valence-electron chi connectivity index (χ4n) is 2.31. The number of hydrogen-bond acceptors (Lipinski definition) is 8. The quantitative estimate of drug-likeness (QED) is 0.479. The molecule has 10 nitrogen and oxygen atoms in total. The maximum atomic E-state index is 12.3. The van der Waals surface area contributed by atoms with Gasteiger partial charge in [-0.25, -0.2) is 10.1 Å². The number of nitrogens with one attached hydrogen (secondary N) is 1. The van der Waals surface area contributed by atoms with Crippen LogP contribution < -0.4 is 11.2 Å². The summed E-state index contributed by atoms with van der Waals surface area (Å²) in [5.74, 6) is -0.00379. The van der Waals surface area contributed by atoms with Crippen molar-refractivity contribution < 1.29 is 9.42 Å². The molecular weight excluding hydrogens is 300 g/mol. The fraction of sp³-hybridized carbons (Fsp3) is 0.385. The molecule has 2 aromatic heterocycles. The molecule has 0 saturated heterocycles. The second-order valence-corrected chi connectivity index (χ2v) is 5.17. The molecule has 3 N–H and O–H groups in total. The van der Waals surface area contributed by atoms with Crippen LogP contribution in [0, 0.1) is 12.8 Å². The molecule has 23 heavy (non-hydrogen) atoms. The molecule has 10 heteroatoms. The number of carbonyl (C=O) groups is 1.